The van der Waals surface area contributed by atoms with Crippen LogP contribution in [-0.4, -0.2) is 32.1 Å². The Hall–Kier alpha value is -6.76. The molecule has 0 aliphatic heterocycles. The van der Waals surface area contributed by atoms with Gasteiger partial charge in [-0.3, -0.25) is 4.79 Å². The van der Waals surface area contributed by atoms with E-state index in [-0.39, 0.29) is 18.4 Å². The molecule has 0 fully saturated rings. The summed E-state index contributed by atoms with van der Waals surface area (Å²) in [4.78, 5) is 28.1. The number of anilines is 6. The molecule has 0 aliphatic rings. The average molecular weight is 765 g/mol. The van der Waals surface area contributed by atoms with E-state index in [1.54, 1.807) is 14.0 Å². The Bertz CT molecular complexity index is 2360. The standard InChI is InChI=1S/C52H48N2O4/c1-39(55)13-14-40-15-28-48(29-16-40)53(46-9-5-3-6-10-46)50-32-24-44(25-33-50)42-20-22-43(23-21-42)45-26-34-51(35-27-45)54(47-11-7-4-8-12-47)49-30-17-41(18-31-49)19-36-52(56)58-38-37-57-2/h3-12,15-18,20-35H,13-14,19,36-38H2,1-2H3. The van der Waals surface area contributed by atoms with E-state index in [0.717, 1.165) is 73.9 Å². The Labute approximate surface area is 341 Å². The summed E-state index contributed by atoms with van der Waals surface area (Å²) in [6.07, 6.45) is 2.25. The summed E-state index contributed by atoms with van der Waals surface area (Å²) < 4.78 is 10.2. The minimum absolute atomic E-state index is 0.207. The minimum atomic E-state index is -0.218. The van der Waals surface area contributed by atoms with Crippen molar-refractivity contribution < 1.29 is 19.1 Å². The highest BCUT2D eigenvalue weighted by molar-refractivity contribution is 5.81. The molecule has 0 bridgehead atoms. The molecule has 58 heavy (non-hydrogen) atoms. The molecule has 6 nitrogen and oxygen atoms in total. The zero-order valence-electron chi connectivity index (χ0n) is 33.1. The Balaban J connectivity index is 1.05. The number of benzene rings is 7. The summed E-state index contributed by atoms with van der Waals surface area (Å²) in [5.74, 6) is -0.0112. The van der Waals surface area contributed by atoms with Crippen LogP contribution in [0.25, 0.3) is 22.3 Å². The number of esters is 1. The third-order valence-corrected chi connectivity index (χ3v) is 10.2. The molecule has 0 heterocycles. The number of hydrogen-bond acceptors (Lipinski definition) is 6. The van der Waals surface area contributed by atoms with E-state index in [1.807, 2.05) is 24.3 Å². The molecule has 6 heteroatoms. The van der Waals surface area contributed by atoms with Gasteiger partial charge in [-0.15, -0.1) is 0 Å². The first-order valence-corrected chi connectivity index (χ1v) is 19.8. The molecular weight excluding hydrogens is 717 g/mol. The van der Waals surface area contributed by atoms with Gasteiger partial charge in [0.2, 0.25) is 0 Å². The van der Waals surface area contributed by atoms with Crippen LogP contribution in [0.4, 0.5) is 34.1 Å². The van der Waals surface area contributed by atoms with Gasteiger partial charge in [0.1, 0.15) is 12.4 Å². The second-order valence-electron chi connectivity index (χ2n) is 14.3. The molecule has 0 spiro atoms. The minimum Gasteiger partial charge on any atom is -0.463 e. The topological polar surface area (TPSA) is 59.1 Å². The van der Waals surface area contributed by atoms with Gasteiger partial charge in [-0.25, -0.2) is 0 Å². The summed E-state index contributed by atoms with van der Waals surface area (Å²) in [6, 6.07) is 63.7. The van der Waals surface area contributed by atoms with Crippen molar-refractivity contribution in [2.24, 2.45) is 0 Å². The Kier molecular flexibility index (Phi) is 13.2. The lowest BCUT2D eigenvalue weighted by atomic mass is 9.99. The van der Waals surface area contributed by atoms with E-state index in [9.17, 15) is 9.59 Å². The van der Waals surface area contributed by atoms with Gasteiger partial charge in [0.15, 0.2) is 0 Å². The van der Waals surface area contributed by atoms with Crippen LogP contribution in [-0.2, 0) is 31.9 Å². The van der Waals surface area contributed by atoms with Gasteiger partial charge in [-0.1, -0.05) is 109 Å². The van der Waals surface area contributed by atoms with Crippen LogP contribution < -0.4 is 9.80 Å². The quantitative estimate of drug-likeness (QED) is 0.0680. The van der Waals surface area contributed by atoms with Crippen molar-refractivity contribution in [3.05, 3.63) is 193 Å². The molecule has 7 aromatic carbocycles. The maximum Gasteiger partial charge on any atom is 0.306 e. The number of carbonyl (C=O) groups is 2. The van der Waals surface area contributed by atoms with Crippen molar-refractivity contribution in [1.82, 2.24) is 0 Å². The molecule has 7 aromatic rings. The van der Waals surface area contributed by atoms with Gasteiger partial charge >= 0.3 is 5.97 Å². The van der Waals surface area contributed by atoms with Crippen LogP contribution in [0.2, 0.25) is 0 Å². The first-order valence-electron chi connectivity index (χ1n) is 19.8. The number of ketones is 1. The van der Waals surface area contributed by atoms with Crippen molar-refractivity contribution in [2.75, 3.05) is 30.1 Å². The van der Waals surface area contributed by atoms with Crippen molar-refractivity contribution in [1.29, 1.82) is 0 Å². The highest BCUT2D eigenvalue weighted by Crippen LogP contribution is 2.38. The summed E-state index contributed by atoms with van der Waals surface area (Å²) >= 11 is 0. The van der Waals surface area contributed by atoms with Crippen molar-refractivity contribution in [3.63, 3.8) is 0 Å². The molecule has 290 valence electrons. The van der Waals surface area contributed by atoms with E-state index in [4.69, 9.17) is 9.47 Å². The molecule has 0 amide bonds. The summed E-state index contributed by atoms with van der Waals surface area (Å²) in [7, 11) is 1.59. The number of methoxy groups -OCH3 is 1. The molecule has 0 unspecified atom stereocenters. The predicted molar refractivity (Wildman–Crippen MR) is 237 cm³/mol. The summed E-state index contributed by atoms with van der Waals surface area (Å²) in [5.41, 5.74) is 13.2. The highest BCUT2D eigenvalue weighted by Gasteiger charge is 2.15. The van der Waals surface area contributed by atoms with E-state index in [0.29, 0.717) is 25.9 Å². The van der Waals surface area contributed by atoms with Gasteiger partial charge in [0, 0.05) is 54.1 Å². The van der Waals surface area contributed by atoms with Gasteiger partial charge < -0.3 is 24.1 Å². The summed E-state index contributed by atoms with van der Waals surface area (Å²) in [5, 5.41) is 0. The fraction of sp³-hybridized carbons (Fsp3) is 0.154. The molecular formula is C52H48N2O4. The lowest BCUT2D eigenvalue weighted by Crippen LogP contribution is -2.11. The number of nitrogens with zero attached hydrogens (tertiary/aromatic N) is 2. The third kappa shape index (κ3) is 10.2. The SMILES string of the molecule is COCCOC(=O)CCc1ccc(N(c2ccccc2)c2ccc(-c3ccc(-c4ccc(N(c5ccccc5)c5ccc(CCC(C)=O)cc5)cc4)cc3)cc2)cc1. The zero-order valence-corrected chi connectivity index (χ0v) is 33.1. The maximum absolute atomic E-state index is 12.1. The monoisotopic (exact) mass is 764 g/mol. The molecule has 0 saturated carbocycles. The van der Waals surface area contributed by atoms with Crippen LogP contribution in [0.3, 0.4) is 0 Å². The number of aryl methyl sites for hydroxylation is 2. The summed E-state index contributed by atoms with van der Waals surface area (Å²) in [6.45, 7) is 2.32. The van der Waals surface area contributed by atoms with Gasteiger partial charge in [0.05, 0.1) is 6.61 Å². The van der Waals surface area contributed by atoms with Crippen LogP contribution in [0.1, 0.15) is 30.9 Å². The molecule has 0 aromatic heterocycles. The van der Waals surface area contributed by atoms with Crippen LogP contribution in [0, 0.1) is 0 Å². The van der Waals surface area contributed by atoms with Crippen LogP contribution in [0.5, 0.6) is 0 Å². The van der Waals surface area contributed by atoms with E-state index in [2.05, 4.69) is 168 Å². The molecule has 0 radical (unpaired) electrons. The maximum atomic E-state index is 12.1. The van der Waals surface area contributed by atoms with Crippen molar-refractivity contribution >= 4 is 45.9 Å². The first kappa shape index (κ1) is 39.5. The Morgan fingerprint density at radius 2 is 0.741 bits per heavy atom. The molecule has 0 aliphatic carbocycles. The van der Waals surface area contributed by atoms with Crippen LogP contribution >= 0.6 is 0 Å². The Morgan fingerprint density at radius 1 is 0.414 bits per heavy atom. The highest BCUT2D eigenvalue weighted by atomic mass is 16.6. The number of para-hydroxylation sites is 2. The predicted octanol–water partition coefficient (Wildman–Crippen LogP) is 12.6. The van der Waals surface area contributed by atoms with Crippen LogP contribution in [0.15, 0.2) is 182 Å². The second kappa shape index (κ2) is 19.4. The number of hydrogen-bond donors (Lipinski definition) is 0. The fourth-order valence-corrected chi connectivity index (χ4v) is 7.01. The van der Waals surface area contributed by atoms with Gasteiger partial charge in [-0.2, -0.15) is 0 Å². The molecule has 0 saturated heterocycles. The lowest BCUT2D eigenvalue weighted by molar-refractivity contribution is -0.144. The van der Waals surface area contributed by atoms with Gasteiger partial charge in [0.25, 0.3) is 0 Å². The first-order chi connectivity index (χ1) is 28.4. The zero-order chi connectivity index (χ0) is 40.1. The van der Waals surface area contributed by atoms with Crippen molar-refractivity contribution in [3.8, 4) is 22.3 Å². The third-order valence-electron chi connectivity index (χ3n) is 10.2. The molecule has 7 rings (SSSR count). The molecule has 0 N–H and O–H groups in total. The smallest absolute Gasteiger partial charge is 0.306 e. The average Bonchev–Trinajstić information content (AvgIpc) is 3.27. The second-order valence-corrected chi connectivity index (χ2v) is 14.3. The van der Waals surface area contributed by atoms with E-state index < -0.39 is 0 Å². The lowest BCUT2D eigenvalue weighted by Gasteiger charge is -2.26. The number of Topliss-reactive ketones (excluding diaryl/α,β-unsaturated/α-hetero) is 1. The van der Waals surface area contributed by atoms with Crippen molar-refractivity contribution in [2.45, 2.75) is 32.6 Å². The number of carbonyl (C=O) groups excluding carboxylic acids is 2. The number of ether oxygens (including phenoxy) is 2. The Morgan fingerprint density at radius 3 is 1.10 bits per heavy atom. The van der Waals surface area contributed by atoms with E-state index >= 15 is 0 Å². The normalized spacial score (nSPS) is 10.9. The van der Waals surface area contributed by atoms with E-state index in [1.165, 1.54) is 0 Å². The van der Waals surface area contributed by atoms with Gasteiger partial charge in [-0.05, 0) is 126 Å². The molecule has 0 atom stereocenters. The fourth-order valence-electron chi connectivity index (χ4n) is 7.01. The largest absolute Gasteiger partial charge is 0.463 e. The number of rotatable bonds is 17.